The summed E-state index contributed by atoms with van der Waals surface area (Å²) in [5.41, 5.74) is 0. The number of aliphatic imine (C=N–C) groups is 1. The van der Waals surface area contributed by atoms with Crippen LogP contribution in [0.3, 0.4) is 0 Å². The molecular weight excluding hydrogens is 427 g/mol. The van der Waals surface area contributed by atoms with E-state index in [2.05, 4.69) is 29.5 Å². The van der Waals surface area contributed by atoms with Gasteiger partial charge in [-0.1, -0.05) is 19.3 Å². The smallest absolute Gasteiger partial charge is 0.191 e. The maximum atomic E-state index is 5.36. The summed E-state index contributed by atoms with van der Waals surface area (Å²) in [6.07, 6.45) is 10.4. The van der Waals surface area contributed by atoms with E-state index in [0.29, 0.717) is 0 Å². The Morgan fingerprint density at radius 3 is 2.52 bits per heavy atom. The molecule has 1 aliphatic carbocycles. The third-order valence-corrected chi connectivity index (χ3v) is 4.69. The van der Waals surface area contributed by atoms with Crippen molar-refractivity contribution in [1.82, 2.24) is 15.5 Å². The zero-order valence-corrected chi connectivity index (χ0v) is 19.0. The molecule has 6 heteroatoms. The molecule has 0 aliphatic heterocycles. The molecule has 25 heavy (non-hydrogen) atoms. The fourth-order valence-electron chi connectivity index (χ4n) is 3.24. The lowest BCUT2D eigenvalue weighted by Crippen LogP contribution is -2.38. The fourth-order valence-corrected chi connectivity index (χ4v) is 3.24. The summed E-state index contributed by atoms with van der Waals surface area (Å²) in [6, 6.07) is 0.805. The van der Waals surface area contributed by atoms with Crippen molar-refractivity contribution in [2.24, 2.45) is 4.99 Å². The zero-order chi connectivity index (χ0) is 17.5. The molecule has 0 bridgehead atoms. The van der Waals surface area contributed by atoms with Crippen LogP contribution in [0.5, 0.6) is 0 Å². The first kappa shape index (κ1) is 24.9. The minimum Gasteiger partial charge on any atom is -0.382 e. The Balaban J connectivity index is 0.00000576. The van der Waals surface area contributed by atoms with Crippen molar-refractivity contribution in [3.05, 3.63) is 0 Å². The molecule has 0 aromatic rings. The van der Waals surface area contributed by atoms with Crippen LogP contribution >= 0.6 is 24.0 Å². The molecular formula is C19H41IN4O. The molecule has 5 nitrogen and oxygen atoms in total. The second kappa shape index (κ2) is 17.3. The number of nitrogens with zero attached hydrogens (tertiary/aromatic N) is 2. The van der Waals surface area contributed by atoms with Gasteiger partial charge in [0.25, 0.3) is 0 Å². The summed E-state index contributed by atoms with van der Waals surface area (Å²) >= 11 is 0. The van der Waals surface area contributed by atoms with Crippen LogP contribution in [0.4, 0.5) is 0 Å². The standard InChI is InChI=1S/C19H40N4O.HI/c1-4-20-19(21-14-9-10-17-24-5-2)22-15-11-16-23(3)18-12-7-6-8-13-18;/h18H,4-17H2,1-3H3,(H2,20,21,22);1H. The second-order valence-corrected chi connectivity index (χ2v) is 6.72. The van der Waals surface area contributed by atoms with E-state index in [1.165, 1.54) is 32.1 Å². The molecule has 0 atom stereocenters. The highest BCUT2D eigenvalue weighted by atomic mass is 127. The minimum atomic E-state index is 0. The van der Waals surface area contributed by atoms with E-state index >= 15 is 0 Å². The lowest BCUT2D eigenvalue weighted by Gasteiger charge is -2.31. The van der Waals surface area contributed by atoms with Gasteiger partial charge < -0.3 is 20.3 Å². The van der Waals surface area contributed by atoms with Crippen molar-refractivity contribution in [2.75, 3.05) is 46.4 Å². The monoisotopic (exact) mass is 468 g/mol. The van der Waals surface area contributed by atoms with Gasteiger partial charge in [0.2, 0.25) is 0 Å². The number of guanidine groups is 1. The Kier molecular flexibility index (Phi) is 17.3. The van der Waals surface area contributed by atoms with E-state index in [1.54, 1.807) is 0 Å². The number of unbranched alkanes of at least 4 members (excludes halogenated alkanes) is 1. The summed E-state index contributed by atoms with van der Waals surface area (Å²) in [5, 5.41) is 6.75. The minimum absolute atomic E-state index is 0. The summed E-state index contributed by atoms with van der Waals surface area (Å²) in [6.45, 7) is 9.75. The predicted molar refractivity (Wildman–Crippen MR) is 119 cm³/mol. The number of nitrogens with one attached hydrogen (secondary N) is 2. The Hall–Kier alpha value is -0.0800. The van der Waals surface area contributed by atoms with Crippen LogP contribution in [-0.2, 0) is 4.74 Å². The van der Waals surface area contributed by atoms with Crippen LogP contribution in [0.2, 0.25) is 0 Å². The summed E-state index contributed by atoms with van der Waals surface area (Å²) in [4.78, 5) is 7.25. The first-order chi connectivity index (χ1) is 11.8. The van der Waals surface area contributed by atoms with Crippen LogP contribution in [0.25, 0.3) is 0 Å². The van der Waals surface area contributed by atoms with Crippen LogP contribution in [0, 0.1) is 0 Å². The molecule has 0 spiro atoms. The molecule has 0 aromatic heterocycles. The lowest BCUT2D eigenvalue weighted by atomic mass is 9.94. The maximum absolute atomic E-state index is 5.36. The van der Waals surface area contributed by atoms with E-state index in [4.69, 9.17) is 9.73 Å². The van der Waals surface area contributed by atoms with Crippen molar-refractivity contribution in [3.63, 3.8) is 0 Å². The van der Waals surface area contributed by atoms with Gasteiger partial charge in [-0.3, -0.25) is 4.99 Å². The summed E-state index contributed by atoms with van der Waals surface area (Å²) < 4.78 is 5.36. The van der Waals surface area contributed by atoms with Gasteiger partial charge in [0.15, 0.2) is 5.96 Å². The average molecular weight is 468 g/mol. The van der Waals surface area contributed by atoms with Gasteiger partial charge >= 0.3 is 0 Å². The quantitative estimate of drug-likeness (QED) is 0.199. The normalized spacial score (nSPS) is 15.9. The predicted octanol–water partition coefficient (Wildman–Crippen LogP) is 3.63. The van der Waals surface area contributed by atoms with Crippen LogP contribution in [0.1, 0.15) is 65.2 Å². The third-order valence-electron chi connectivity index (χ3n) is 4.69. The molecule has 1 rings (SSSR count). The van der Waals surface area contributed by atoms with Gasteiger partial charge in [-0.2, -0.15) is 0 Å². The Labute approximate surface area is 172 Å². The molecule has 0 radical (unpaired) electrons. The van der Waals surface area contributed by atoms with Gasteiger partial charge in [0.05, 0.1) is 0 Å². The first-order valence-corrected chi connectivity index (χ1v) is 10.1. The fraction of sp³-hybridized carbons (Fsp3) is 0.947. The van der Waals surface area contributed by atoms with Crippen LogP contribution in [0.15, 0.2) is 4.99 Å². The van der Waals surface area contributed by atoms with E-state index in [1.807, 2.05) is 6.92 Å². The van der Waals surface area contributed by atoms with E-state index < -0.39 is 0 Å². The topological polar surface area (TPSA) is 48.9 Å². The van der Waals surface area contributed by atoms with Gasteiger partial charge in [0, 0.05) is 38.9 Å². The number of hydrogen-bond donors (Lipinski definition) is 2. The molecule has 0 amide bonds. The lowest BCUT2D eigenvalue weighted by molar-refractivity contribution is 0.143. The maximum Gasteiger partial charge on any atom is 0.191 e. The Morgan fingerprint density at radius 1 is 1.08 bits per heavy atom. The Bertz CT molecular complexity index is 323. The molecule has 0 saturated heterocycles. The first-order valence-electron chi connectivity index (χ1n) is 10.1. The summed E-state index contributed by atoms with van der Waals surface area (Å²) in [7, 11) is 2.28. The molecule has 1 aliphatic rings. The van der Waals surface area contributed by atoms with E-state index in [-0.39, 0.29) is 24.0 Å². The number of rotatable bonds is 12. The summed E-state index contributed by atoms with van der Waals surface area (Å²) in [5.74, 6) is 0.953. The van der Waals surface area contributed by atoms with Gasteiger partial charge in [-0.15, -0.1) is 24.0 Å². The largest absolute Gasteiger partial charge is 0.382 e. The highest BCUT2D eigenvalue weighted by molar-refractivity contribution is 14.0. The van der Waals surface area contributed by atoms with Crippen LogP contribution in [-0.4, -0.2) is 63.3 Å². The van der Waals surface area contributed by atoms with E-state index in [0.717, 1.165) is 70.7 Å². The molecule has 1 saturated carbocycles. The van der Waals surface area contributed by atoms with Crippen molar-refractivity contribution < 1.29 is 4.74 Å². The van der Waals surface area contributed by atoms with Crippen LogP contribution < -0.4 is 10.6 Å². The molecule has 0 aromatic carbocycles. The van der Waals surface area contributed by atoms with Crippen molar-refractivity contribution >= 4 is 29.9 Å². The molecule has 150 valence electrons. The zero-order valence-electron chi connectivity index (χ0n) is 16.7. The Morgan fingerprint density at radius 2 is 1.84 bits per heavy atom. The highest BCUT2D eigenvalue weighted by Gasteiger charge is 2.17. The second-order valence-electron chi connectivity index (χ2n) is 6.72. The SMILES string of the molecule is CCNC(=NCCCN(C)C1CCCCC1)NCCCCOCC.I. The van der Waals surface area contributed by atoms with Gasteiger partial charge in [-0.25, -0.2) is 0 Å². The molecule has 0 heterocycles. The van der Waals surface area contributed by atoms with E-state index in [9.17, 15) is 0 Å². The van der Waals surface area contributed by atoms with Gasteiger partial charge in [0.1, 0.15) is 0 Å². The third kappa shape index (κ3) is 12.8. The number of halogens is 1. The number of ether oxygens (including phenoxy) is 1. The van der Waals surface area contributed by atoms with Crippen molar-refractivity contribution in [2.45, 2.75) is 71.3 Å². The van der Waals surface area contributed by atoms with Crippen molar-refractivity contribution in [3.8, 4) is 0 Å². The molecule has 1 fully saturated rings. The highest BCUT2D eigenvalue weighted by Crippen LogP contribution is 2.21. The average Bonchev–Trinajstić information content (AvgIpc) is 2.62. The van der Waals surface area contributed by atoms with Crippen molar-refractivity contribution in [1.29, 1.82) is 0 Å². The number of hydrogen-bond acceptors (Lipinski definition) is 3. The molecule has 0 unspecified atom stereocenters. The van der Waals surface area contributed by atoms with Gasteiger partial charge in [-0.05, 0) is 59.5 Å². The molecule has 2 N–H and O–H groups in total.